The second kappa shape index (κ2) is 6.23. The van der Waals surface area contributed by atoms with Gasteiger partial charge in [-0.15, -0.1) is 0 Å². The molecule has 0 heterocycles. The van der Waals surface area contributed by atoms with Gasteiger partial charge >= 0.3 is 0 Å². The quantitative estimate of drug-likeness (QED) is 0.940. The number of amides is 1. The molecule has 1 amide bonds. The van der Waals surface area contributed by atoms with Gasteiger partial charge in [0.25, 0.3) is 5.91 Å². The lowest BCUT2D eigenvalue weighted by Gasteiger charge is -2.10. The Labute approximate surface area is 126 Å². The first-order valence-electron chi connectivity index (χ1n) is 6.42. The fraction of sp³-hybridized carbons (Fsp3) is 0.133. The number of halogens is 2. The zero-order valence-electron chi connectivity index (χ0n) is 11.6. The summed E-state index contributed by atoms with van der Waals surface area (Å²) >= 11 is 0. The third-order valence-electron chi connectivity index (χ3n) is 2.97. The van der Waals surface area contributed by atoms with Gasteiger partial charge in [-0.05, 0) is 24.3 Å². The van der Waals surface area contributed by atoms with Gasteiger partial charge in [-0.3, -0.25) is 4.79 Å². The predicted molar refractivity (Wildman–Crippen MR) is 78.5 cm³/mol. The number of carbonyl (C=O) groups excluding carboxylic acids is 1. The molecule has 0 aliphatic rings. The number of benzene rings is 2. The van der Waals surface area contributed by atoms with Gasteiger partial charge in [0, 0.05) is 11.8 Å². The number of anilines is 1. The Bertz CT molecular complexity index is 799. The second-order valence-electron chi connectivity index (χ2n) is 4.51. The van der Waals surface area contributed by atoms with E-state index in [9.17, 15) is 22.0 Å². The van der Waals surface area contributed by atoms with Crippen LogP contribution in [0.15, 0.2) is 47.4 Å². The molecule has 0 atom stereocenters. The number of hydrogen-bond donors (Lipinski definition) is 1. The van der Waals surface area contributed by atoms with Crippen LogP contribution in [-0.2, 0) is 9.84 Å². The van der Waals surface area contributed by atoms with Crippen molar-refractivity contribution in [1.29, 1.82) is 0 Å². The Morgan fingerprint density at radius 3 is 2.27 bits per heavy atom. The van der Waals surface area contributed by atoms with E-state index in [1.54, 1.807) is 0 Å². The minimum atomic E-state index is -3.59. The normalized spacial score (nSPS) is 11.2. The van der Waals surface area contributed by atoms with E-state index in [1.807, 2.05) is 0 Å². The molecule has 4 nitrogen and oxygen atoms in total. The predicted octanol–water partition coefficient (Wildman–Crippen LogP) is 3.01. The van der Waals surface area contributed by atoms with E-state index in [0.717, 1.165) is 12.1 Å². The molecule has 0 bridgehead atoms. The Kier molecular flexibility index (Phi) is 4.56. The van der Waals surface area contributed by atoms with Crippen LogP contribution in [0.25, 0.3) is 0 Å². The third-order valence-corrected chi connectivity index (χ3v) is 4.75. The molecule has 22 heavy (non-hydrogen) atoms. The van der Waals surface area contributed by atoms with Crippen LogP contribution in [0.2, 0.25) is 0 Å². The molecule has 0 saturated heterocycles. The van der Waals surface area contributed by atoms with E-state index >= 15 is 0 Å². The van der Waals surface area contributed by atoms with Crippen molar-refractivity contribution < 1.29 is 22.0 Å². The monoisotopic (exact) mass is 325 g/mol. The van der Waals surface area contributed by atoms with Gasteiger partial charge in [0.05, 0.1) is 16.2 Å². The molecule has 0 aromatic heterocycles. The number of sulfone groups is 1. The maximum Gasteiger partial charge on any atom is 0.256 e. The molecule has 0 aliphatic carbocycles. The fourth-order valence-electron chi connectivity index (χ4n) is 1.91. The fourth-order valence-corrected chi connectivity index (χ4v) is 3.00. The summed E-state index contributed by atoms with van der Waals surface area (Å²) in [5.41, 5.74) is -0.166. The lowest BCUT2D eigenvalue weighted by atomic mass is 10.2. The van der Waals surface area contributed by atoms with Gasteiger partial charge in [-0.1, -0.05) is 19.1 Å². The molecule has 0 saturated carbocycles. The van der Waals surface area contributed by atoms with Crippen LogP contribution in [0, 0.1) is 11.6 Å². The minimum absolute atomic E-state index is 0.0750. The topological polar surface area (TPSA) is 63.2 Å². The summed E-state index contributed by atoms with van der Waals surface area (Å²) in [6.07, 6.45) is 0. The molecule has 7 heteroatoms. The van der Waals surface area contributed by atoms with Crippen molar-refractivity contribution in [1.82, 2.24) is 0 Å². The number of nitrogens with one attached hydrogen (secondary N) is 1. The van der Waals surface area contributed by atoms with Gasteiger partial charge in [-0.25, -0.2) is 17.2 Å². The molecule has 0 fully saturated rings. The first kappa shape index (κ1) is 16.1. The highest BCUT2D eigenvalue weighted by atomic mass is 32.2. The van der Waals surface area contributed by atoms with Crippen molar-refractivity contribution in [3.63, 3.8) is 0 Å². The molecule has 1 N–H and O–H groups in total. The minimum Gasteiger partial charge on any atom is -0.322 e. The van der Waals surface area contributed by atoms with E-state index in [-0.39, 0.29) is 21.9 Å². The van der Waals surface area contributed by atoms with E-state index in [2.05, 4.69) is 5.32 Å². The maximum atomic E-state index is 13.1. The Hall–Kier alpha value is -2.28. The highest BCUT2D eigenvalue weighted by Gasteiger charge is 2.20. The van der Waals surface area contributed by atoms with Crippen LogP contribution in [0.1, 0.15) is 17.3 Å². The van der Waals surface area contributed by atoms with Crippen LogP contribution in [0.3, 0.4) is 0 Å². The molecule has 0 aliphatic heterocycles. The van der Waals surface area contributed by atoms with Crippen LogP contribution in [0.4, 0.5) is 14.5 Å². The first-order valence-corrected chi connectivity index (χ1v) is 8.08. The number of rotatable bonds is 4. The van der Waals surface area contributed by atoms with Crippen LogP contribution >= 0.6 is 0 Å². The highest BCUT2D eigenvalue weighted by Crippen LogP contribution is 2.19. The van der Waals surface area contributed by atoms with Gasteiger partial charge in [0.15, 0.2) is 9.84 Å². The lowest BCUT2D eigenvalue weighted by molar-refractivity contribution is 0.102. The van der Waals surface area contributed by atoms with Crippen LogP contribution in [-0.4, -0.2) is 20.1 Å². The molecular weight excluding hydrogens is 312 g/mol. The molecular formula is C15H13F2NO3S. The molecule has 0 radical (unpaired) electrons. The zero-order valence-corrected chi connectivity index (χ0v) is 12.5. The molecule has 0 spiro atoms. The van der Waals surface area contributed by atoms with Gasteiger partial charge < -0.3 is 5.32 Å². The van der Waals surface area contributed by atoms with Crippen LogP contribution in [0.5, 0.6) is 0 Å². The van der Waals surface area contributed by atoms with E-state index in [0.29, 0.717) is 6.07 Å². The summed E-state index contributed by atoms with van der Waals surface area (Å²) < 4.78 is 50.2. The second-order valence-corrected chi connectivity index (χ2v) is 6.76. The average Bonchev–Trinajstić information content (AvgIpc) is 2.46. The molecule has 2 rings (SSSR count). The summed E-state index contributed by atoms with van der Waals surface area (Å²) in [6, 6.07) is 8.23. The Morgan fingerprint density at radius 1 is 1.09 bits per heavy atom. The van der Waals surface area contributed by atoms with Gasteiger partial charge in [0.2, 0.25) is 0 Å². The Morgan fingerprint density at radius 2 is 1.68 bits per heavy atom. The summed E-state index contributed by atoms with van der Waals surface area (Å²) in [6.45, 7) is 1.46. The van der Waals surface area contributed by atoms with Crippen molar-refractivity contribution in [2.24, 2.45) is 0 Å². The standard InChI is InChI=1S/C15H13F2NO3S/c1-2-22(20,21)14-6-4-3-5-13(14)15(19)18-12-8-10(16)7-11(17)9-12/h3-9H,2H2,1H3,(H,18,19). The summed E-state index contributed by atoms with van der Waals surface area (Å²) in [5, 5.41) is 2.29. The third kappa shape index (κ3) is 3.48. The van der Waals surface area contributed by atoms with E-state index in [4.69, 9.17) is 0 Å². The Balaban J connectivity index is 2.39. The maximum absolute atomic E-state index is 13.1. The van der Waals surface area contributed by atoms with Crippen molar-refractivity contribution in [3.05, 3.63) is 59.7 Å². The van der Waals surface area contributed by atoms with E-state index < -0.39 is 27.4 Å². The van der Waals surface area contributed by atoms with Crippen molar-refractivity contribution in [3.8, 4) is 0 Å². The van der Waals surface area contributed by atoms with Gasteiger partial charge in [-0.2, -0.15) is 0 Å². The average molecular weight is 325 g/mol. The number of hydrogen-bond acceptors (Lipinski definition) is 3. The van der Waals surface area contributed by atoms with Gasteiger partial charge in [0.1, 0.15) is 11.6 Å². The molecule has 116 valence electrons. The van der Waals surface area contributed by atoms with Crippen molar-refractivity contribution in [2.45, 2.75) is 11.8 Å². The first-order chi connectivity index (χ1) is 10.3. The smallest absolute Gasteiger partial charge is 0.256 e. The summed E-state index contributed by atoms with van der Waals surface area (Å²) in [5.74, 6) is -2.60. The summed E-state index contributed by atoms with van der Waals surface area (Å²) in [7, 11) is -3.59. The van der Waals surface area contributed by atoms with E-state index in [1.165, 1.54) is 31.2 Å². The molecule has 2 aromatic carbocycles. The molecule has 0 unspecified atom stereocenters. The lowest BCUT2D eigenvalue weighted by Crippen LogP contribution is -2.17. The number of carbonyl (C=O) groups is 1. The van der Waals surface area contributed by atoms with Crippen LogP contribution < -0.4 is 5.32 Å². The largest absolute Gasteiger partial charge is 0.322 e. The SMILES string of the molecule is CCS(=O)(=O)c1ccccc1C(=O)Nc1cc(F)cc(F)c1. The summed E-state index contributed by atoms with van der Waals surface area (Å²) in [4.78, 5) is 12.1. The van der Waals surface area contributed by atoms with Crippen molar-refractivity contribution >= 4 is 21.4 Å². The highest BCUT2D eigenvalue weighted by molar-refractivity contribution is 7.91. The zero-order chi connectivity index (χ0) is 16.3. The molecule has 2 aromatic rings. The van der Waals surface area contributed by atoms with Crippen molar-refractivity contribution in [2.75, 3.05) is 11.1 Å².